The number of H-pyrrole nitrogens is 2. The van der Waals surface area contributed by atoms with Crippen molar-refractivity contribution >= 4 is 22.6 Å². The summed E-state index contributed by atoms with van der Waals surface area (Å²) in [5.41, 5.74) is 1.58. The molecule has 1 fully saturated rings. The molecule has 1 aromatic heterocycles. The summed E-state index contributed by atoms with van der Waals surface area (Å²) < 4.78 is 0. The summed E-state index contributed by atoms with van der Waals surface area (Å²) in [4.78, 5) is 29.1. The molecule has 1 amide bonds. The monoisotopic (exact) mass is 274 g/mol. The van der Waals surface area contributed by atoms with Gasteiger partial charge in [0, 0.05) is 12.2 Å². The largest absolute Gasteiger partial charge is 0.325 e. The molecule has 0 aliphatic carbocycles. The minimum atomic E-state index is -0.319. The maximum absolute atomic E-state index is 12.5. The standard InChI is InChI=1S/C14H18N4O2/c1-2-14(5-6-15-8-14)12(19)16-9-3-4-10-11(7-9)18-13(20)17-10/h3-4,7,15H,2,5-6,8H2,1H3,(H,16,19)(H2,17,18,20). The molecule has 1 aliphatic heterocycles. The fourth-order valence-corrected chi connectivity index (χ4v) is 2.77. The second-order valence-electron chi connectivity index (χ2n) is 5.35. The SMILES string of the molecule is CCC1(C(=O)Nc2ccc3[nH]c(=O)[nH]c3c2)CCNC1. The minimum absolute atomic E-state index is 0.0437. The Kier molecular flexibility index (Phi) is 3.10. The van der Waals surface area contributed by atoms with E-state index in [1.165, 1.54) is 0 Å². The zero-order chi connectivity index (χ0) is 14.2. The Labute approximate surface area is 116 Å². The van der Waals surface area contributed by atoms with Crippen LogP contribution in [-0.2, 0) is 4.79 Å². The quantitative estimate of drug-likeness (QED) is 0.677. The molecule has 0 spiro atoms. The molecule has 106 valence electrons. The van der Waals surface area contributed by atoms with Gasteiger partial charge in [-0.05, 0) is 37.6 Å². The minimum Gasteiger partial charge on any atom is -0.325 e. The number of rotatable bonds is 3. The highest BCUT2D eigenvalue weighted by molar-refractivity contribution is 5.97. The fraction of sp³-hybridized carbons (Fsp3) is 0.429. The molecule has 4 N–H and O–H groups in total. The van der Waals surface area contributed by atoms with E-state index in [-0.39, 0.29) is 17.0 Å². The van der Waals surface area contributed by atoms with Gasteiger partial charge in [-0.25, -0.2) is 4.79 Å². The van der Waals surface area contributed by atoms with Crippen LogP contribution in [0.5, 0.6) is 0 Å². The highest BCUT2D eigenvalue weighted by Gasteiger charge is 2.39. The molecule has 1 aromatic carbocycles. The molecule has 0 bridgehead atoms. The Bertz CT molecular complexity index is 695. The van der Waals surface area contributed by atoms with E-state index >= 15 is 0 Å². The summed E-state index contributed by atoms with van der Waals surface area (Å²) in [5, 5.41) is 6.21. The van der Waals surface area contributed by atoms with Crippen LogP contribution in [-0.4, -0.2) is 29.0 Å². The molecule has 1 unspecified atom stereocenters. The Morgan fingerprint density at radius 3 is 2.85 bits per heavy atom. The van der Waals surface area contributed by atoms with Crippen molar-refractivity contribution in [3.05, 3.63) is 28.7 Å². The van der Waals surface area contributed by atoms with Gasteiger partial charge in [-0.3, -0.25) is 4.79 Å². The molecule has 2 aromatic rings. The molecular weight excluding hydrogens is 256 g/mol. The predicted molar refractivity (Wildman–Crippen MR) is 77.8 cm³/mol. The maximum Gasteiger partial charge on any atom is 0.323 e. The average molecular weight is 274 g/mol. The summed E-state index contributed by atoms with van der Waals surface area (Å²) in [5.74, 6) is 0.0437. The number of carbonyl (C=O) groups is 1. The topological polar surface area (TPSA) is 89.8 Å². The van der Waals surface area contributed by atoms with Gasteiger partial charge in [0.05, 0.1) is 16.4 Å². The highest BCUT2D eigenvalue weighted by Crippen LogP contribution is 2.31. The summed E-state index contributed by atoms with van der Waals surface area (Å²) in [6.45, 7) is 3.64. The second-order valence-corrected chi connectivity index (χ2v) is 5.35. The smallest absolute Gasteiger partial charge is 0.323 e. The van der Waals surface area contributed by atoms with Crippen molar-refractivity contribution in [3.63, 3.8) is 0 Å². The molecule has 20 heavy (non-hydrogen) atoms. The molecular formula is C14H18N4O2. The van der Waals surface area contributed by atoms with E-state index in [2.05, 4.69) is 20.6 Å². The van der Waals surface area contributed by atoms with Crippen LogP contribution in [0.25, 0.3) is 11.0 Å². The number of benzene rings is 1. The van der Waals surface area contributed by atoms with E-state index in [1.807, 2.05) is 6.92 Å². The molecule has 3 rings (SSSR count). The average Bonchev–Trinajstić information content (AvgIpc) is 3.04. The first kappa shape index (κ1) is 12.9. The van der Waals surface area contributed by atoms with Crippen LogP contribution in [0.15, 0.2) is 23.0 Å². The summed E-state index contributed by atoms with van der Waals surface area (Å²) in [6, 6.07) is 5.36. The lowest BCUT2D eigenvalue weighted by atomic mass is 9.83. The molecule has 0 radical (unpaired) electrons. The number of anilines is 1. The number of hydrogen-bond acceptors (Lipinski definition) is 3. The first-order valence-corrected chi connectivity index (χ1v) is 6.87. The van der Waals surface area contributed by atoms with Crippen LogP contribution < -0.4 is 16.3 Å². The third-order valence-electron chi connectivity index (χ3n) is 4.18. The Morgan fingerprint density at radius 2 is 2.15 bits per heavy atom. The predicted octanol–water partition coefficient (Wildman–Crippen LogP) is 1.18. The van der Waals surface area contributed by atoms with Gasteiger partial charge in [-0.1, -0.05) is 6.92 Å². The van der Waals surface area contributed by atoms with Gasteiger partial charge in [0.2, 0.25) is 5.91 Å². The summed E-state index contributed by atoms with van der Waals surface area (Å²) in [6.07, 6.45) is 1.67. The molecule has 1 saturated heterocycles. The number of amides is 1. The molecule has 6 heteroatoms. The van der Waals surface area contributed by atoms with Crippen LogP contribution in [0.3, 0.4) is 0 Å². The van der Waals surface area contributed by atoms with Gasteiger partial charge in [-0.15, -0.1) is 0 Å². The van der Waals surface area contributed by atoms with Crippen molar-refractivity contribution in [2.45, 2.75) is 19.8 Å². The molecule has 2 heterocycles. The van der Waals surface area contributed by atoms with Crippen LogP contribution >= 0.6 is 0 Å². The molecule has 6 nitrogen and oxygen atoms in total. The van der Waals surface area contributed by atoms with Crippen molar-refractivity contribution in [3.8, 4) is 0 Å². The van der Waals surface area contributed by atoms with Gasteiger partial charge in [-0.2, -0.15) is 0 Å². The number of imidazole rings is 1. The Hall–Kier alpha value is -2.08. The fourth-order valence-electron chi connectivity index (χ4n) is 2.77. The lowest BCUT2D eigenvalue weighted by Gasteiger charge is -2.25. The number of aromatic amines is 2. The summed E-state index contributed by atoms with van der Waals surface area (Å²) >= 11 is 0. The zero-order valence-electron chi connectivity index (χ0n) is 11.4. The van der Waals surface area contributed by atoms with Crippen molar-refractivity contribution in [2.75, 3.05) is 18.4 Å². The first-order valence-electron chi connectivity index (χ1n) is 6.87. The number of aromatic nitrogens is 2. The number of fused-ring (bicyclic) bond motifs is 1. The van der Waals surface area contributed by atoms with Crippen LogP contribution in [0.1, 0.15) is 19.8 Å². The van der Waals surface area contributed by atoms with E-state index in [1.54, 1.807) is 18.2 Å². The third-order valence-corrected chi connectivity index (χ3v) is 4.18. The Balaban J connectivity index is 1.85. The van der Waals surface area contributed by atoms with Crippen LogP contribution in [0.2, 0.25) is 0 Å². The Morgan fingerprint density at radius 1 is 1.35 bits per heavy atom. The van der Waals surface area contributed by atoms with E-state index in [0.717, 1.165) is 31.4 Å². The van der Waals surface area contributed by atoms with E-state index in [0.29, 0.717) is 11.2 Å². The van der Waals surface area contributed by atoms with Crippen LogP contribution in [0, 0.1) is 5.41 Å². The maximum atomic E-state index is 12.5. The van der Waals surface area contributed by atoms with Gasteiger partial charge in [0.1, 0.15) is 0 Å². The first-order chi connectivity index (χ1) is 9.63. The highest BCUT2D eigenvalue weighted by atomic mass is 16.2. The van der Waals surface area contributed by atoms with Crippen molar-refractivity contribution in [1.82, 2.24) is 15.3 Å². The van der Waals surface area contributed by atoms with E-state index < -0.39 is 0 Å². The number of hydrogen-bond donors (Lipinski definition) is 4. The zero-order valence-corrected chi connectivity index (χ0v) is 11.4. The molecule has 1 atom stereocenters. The number of nitrogens with one attached hydrogen (secondary N) is 4. The van der Waals surface area contributed by atoms with E-state index in [9.17, 15) is 9.59 Å². The van der Waals surface area contributed by atoms with Gasteiger partial charge >= 0.3 is 5.69 Å². The third kappa shape index (κ3) is 2.12. The molecule has 0 saturated carbocycles. The lowest BCUT2D eigenvalue weighted by Crippen LogP contribution is -2.37. The van der Waals surface area contributed by atoms with Gasteiger partial charge in [0.25, 0.3) is 0 Å². The lowest BCUT2D eigenvalue weighted by molar-refractivity contribution is -0.124. The second kappa shape index (κ2) is 4.79. The van der Waals surface area contributed by atoms with Crippen LogP contribution in [0.4, 0.5) is 5.69 Å². The number of carbonyl (C=O) groups excluding carboxylic acids is 1. The van der Waals surface area contributed by atoms with Gasteiger partial charge in [0.15, 0.2) is 0 Å². The van der Waals surface area contributed by atoms with Gasteiger partial charge < -0.3 is 20.6 Å². The van der Waals surface area contributed by atoms with Crippen molar-refractivity contribution < 1.29 is 4.79 Å². The van der Waals surface area contributed by atoms with E-state index in [4.69, 9.17) is 0 Å². The van der Waals surface area contributed by atoms with Crippen molar-refractivity contribution in [1.29, 1.82) is 0 Å². The normalized spacial score (nSPS) is 22.2. The molecule has 1 aliphatic rings. The van der Waals surface area contributed by atoms with Crippen molar-refractivity contribution in [2.24, 2.45) is 5.41 Å². The summed E-state index contributed by atoms with van der Waals surface area (Å²) in [7, 11) is 0.